The molecule has 0 radical (unpaired) electrons. The number of methoxy groups -OCH3 is 1. The molecule has 0 amide bonds. The molecule has 98 valence electrons. The monoisotopic (exact) mass is 263 g/mol. The Morgan fingerprint density at radius 1 is 1.56 bits per heavy atom. The first kappa shape index (κ1) is 13.7. The van der Waals surface area contributed by atoms with Crippen LogP contribution in [-0.4, -0.2) is 17.9 Å². The van der Waals surface area contributed by atoms with Crippen molar-refractivity contribution in [3.05, 3.63) is 33.9 Å². The highest BCUT2D eigenvalue weighted by molar-refractivity contribution is 5.88. The number of amidine groups is 1. The molecule has 0 aliphatic carbocycles. The minimum absolute atomic E-state index is 0.199. The van der Waals surface area contributed by atoms with E-state index >= 15 is 0 Å². The number of alkyl halides is 2. The van der Waals surface area contributed by atoms with E-state index in [2.05, 4.69) is 4.74 Å². The summed E-state index contributed by atoms with van der Waals surface area (Å²) in [7, 11) is 1.15. The molecule has 0 fully saturated rings. The van der Waals surface area contributed by atoms with E-state index in [9.17, 15) is 23.4 Å². The molecule has 0 heterocycles. The lowest BCUT2D eigenvalue weighted by Crippen LogP contribution is -2.33. The normalized spacial score (nSPS) is 12.3. The highest BCUT2D eigenvalue weighted by Gasteiger charge is 2.39. The van der Waals surface area contributed by atoms with Gasteiger partial charge in [0.1, 0.15) is 0 Å². The number of benzene rings is 1. The molecule has 1 aromatic carbocycles. The number of nitro benzene ring substituents is 1. The van der Waals surface area contributed by atoms with Crippen LogP contribution in [0.15, 0.2) is 23.4 Å². The number of rotatable bonds is 4. The van der Waals surface area contributed by atoms with Crippen molar-refractivity contribution in [2.24, 2.45) is 10.9 Å². The molecule has 9 heteroatoms. The summed E-state index contributed by atoms with van der Waals surface area (Å²) >= 11 is 0. The van der Waals surface area contributed by atoms with Gasteiger partial charge in [-0.3, -0.25) is 10.1 Å². The van der Waals surface area contributed by atoms with Crippen molar-refractivity contribution in [1.29, 1.82) is 0 Å². The number of hydrogen-bond acceptors (Lipinski definition) is 4. The van der Waals surface area contributed by atoms with Crippen LogP contribution in [0.1, 0.15) is 5.56 Å². The van der Waals surface area contributed by atoms with Gasteiger partial charge in [-0.2, -0.15) is 8.78 Å². The second-order valence-electron chi connectivity index (χ2n) is 3.19. The van der Waals surface area contributed by atoms with Crippen LogP contribution in [-0.2, 0) is 5.92 Å². The molecule has 0 saturated carbocycles. The Labute approximate surface area is 99.0 Å². The summed E-state index contributed by atoms with van der Waals surface area (Å²) in [4.78, 5) is 9.74. The smallest absolute Gasteiger partial charge is 0.332 e. The molecule has 1 rings (SSSR count). The largest absolute Gasteiger partial charge is 0.490 e. The molecule has 0 bridgehead atoms. The SMILES string of the molecule is COc1ccc(C(F)(F)C(N)=NF)cc1[N+](=O)[O-]. The first-order chi connectivity index (χ1) is 8.34. The summed E-state index contributed by atoms with van der Waals surface area (Å²) in [5.74, 6) is -5.72. The predicted octanol–water partition coefficient (Wildman–Crippen LogP) is 1.94. The van der Waals surface area contributed by atoms with Gasteiger partial charge in [0.15, 0.2) is 5.75 Å². The van der Waals surface area contributed by atoms with Gasteiger partial charge in [-0.25, -0.2) is 0 Å². The molecule has 2 N–H and O–H groups in total. The molecule has 0 aliphatic heterocycles. The molecule has 6 nitrogen and oxygen atoms in total. The molecule has 0 aromatic heterocycles. The van der Waals surface area contributed by atoms with Gasteiger partial charge in [-0.1, -0.05) is 9.70 Å². The molecular weight excluding hydrogens is 255 g/mol. The maximum absolute atomic E-state index is 13.5. The quantitative estimate of drug-likeness (QED) is 0.389. The van der Waals surface area contributed by atoms with E-state index in [-0.39, 0.29) is 5.75 Å². The summed E-state index contributed by atoms with van der Waals surface area (Å²) < 4.78 is 43.4. The third kappa shape index (κ3) is 2.34. The third-order valence-corrected chi connectivity index (χ3v) is 2.15. The number of nitrogens with zero attached hydrogens (tertiary/aromatic N) is 2. The summed E-state index contributed by atoms with van der Waals surface area (Å²) in [6.07, 6.45) is 0. The van der Waals surface area contributed by atoms with Crippen molar-refractivity contribution in [2.45, 2.75) is 5.92 Å². The van der Waals surface area contributed by atoms with Crippen LogP contribution in [0.3, 0.4) is 0 Å². The number of nitro groups is 1. The fourth-order valence-electron chi connectivity index (χ4n) is 1.23. The minimum atomic E-state index is -3.94. The zero-order chi connectivity index (χ0) is 13.9. The Hall–Kier alpha value is -2.32. The van der Waals surface area contributed by atoms with E-state index in [0.717, 1.165) is 19.2 Å². The van der Waals surface area contributed by atoms with Crippen molar-refractivity contribution in [2.75, 3.05) is 7.11 Å². The highest BCUT2D eigenvalue weighted by atomic mass is 19.3. The average molecular weight is 263 g/mol. The summed E-state index contributed by atoms with van der Waals surface area (Å²) in [6, 6.07) is 2.35. The van der Waals surface area contributed by atoms with Crippen molar-refractivity contribution in [3.63, 3.8) is 0 Å². The van der Waals surface area contributed by atoms with Crippen LogP contribution in [0.25, 0.3) is 0 Å². The fraction of sp³-hybridized carbons (Fsp3) is 0.222. The molecule has 0 aliphatic rings. The summed E-state index contributed by atoms with van der Waals surface area (Å²) in [5, 5.41) is 12.3. The van der Waals surface area contributed by atoms with Crippen LogP contribution in [0.2, 0.25) is 0 Å². The fourth-order valence-corrected chi connectivity index (χ4v) is 1.23. The van der Waals surface area contributed by atoms with Gasteiger partial charge in [-0.05, 0) is 12.1 Å². The first-order valence-corrected chi connectivity index (χ1v) is 4.50. The molecule has 0 spiro atoms. The van der Waals surface area contributed by atoms with E-state index in [1.54, 1.807) is 5.21 Å². The lowest BCUT2D eigenvalue weighted by molar-refractivity contribution is -0.385. The number of hydrogen-bond donors (Lipinski definition) is 1. The number of ether oxygens (including phenoxy) is 1. The maximum Gasteiger partial charge on any atom is 0.332 e. The van der Waals surface area contributed by atoms with Crippen LogP contribution in [0.4, 0.5) is 18.9 Å². The molecule has 0 saturated heterocycles. The van der Waals surface area contributed by atoms with E-state index in [1.165, 1.54) is 0 Å². The summed E-state index contributed by atoms with van der Waals surface area (Å²) in [6.45, 7) is 0. The Balaban J connectivity index is 3.37. The lowest BCUT2D eigenvalue weighted by atomic mass is 10.1. The van der Waals surface area contributed by atoms with Crippen molar-refractivity contribution in [1.82, 2.24) is 0 Å². The third-order valence-electron chi connectivity index (χ3n) is 2.15. The van der Waals surface area contributed by atoms with Gasteiger partial charge in [0, 0.05) is 11.6 Å². The Bertz CT molecular complexity index is 505. The first-order valence-electron chi connectivity index (χ1n) is 4.50. The summed E-state index contributed by atoms with van der Waals surface area (Å²) in [5.41, 5.74) is 3.17. The van der Waals surface area contributed by atoms with Gasteiger partial charge < -0.3 is 10.5 Å². The maximum atomic E-state index is 13.5. The highest BCUT2D eigenvalue weighted by Crippen LogP contribution is 2.35. The number of halogens is 3. The Kier molecular flexibility index (Phi) is 3.74. The molecule has 0 unspecified atom stereocenters. The van der Waals surface area contributed by atoms with Crippen molar-refractivity contribution < 1.29 is 22.9 Å². The standard InChI is InChI=1S/C9H8F3N3O3/c1-18-7-3-2-5(4-6(7)15(16)17)9(10,11)8(13)14-12/h2-4H,1H3,(H2,13,14). The van der Waals surface area contributed by atoms with Gasteiger partial charge in [0.05, 0.1) is 12.0 Å². The molecular formula is C9H8F3N3O3. The average Bonchev–Trinajstić information content (AvgIpc) is 2.36. The number of nitrogens with two attached hydrogens (primary N) is 1. The molecule has 18 heavy (non-hydrogen) atoms. The second kappa shape index (κ2) is 4.90. The topological polar surface area (TPSA) is 90.8 Å². The van der Waals surface area contributed by atoms with Crippen molar-refractivity contribution >= 4 is 11.5 Å². The lowest BCUT2D eigenvalue weighted by Gasteiger charge is -2.14. The second-order valence-corrected chi connectivity index (χ2v) is 3.19. The van der Waals surface area contributed by atoms with E-state index in [4.69, 9.17) is 5.73 Å². The van der Waals surface area contributed by atoms with Gasteiger partial charge in [0.2, 0.25) is 5.84 Å². The van der Waals surface area contributed by atoms with Gasteiger partial charge in [-0.15, -0.1) is 0 Å². The van der Waals surface area contributed by atoms with Crippen molar-refractivity contribution in [3.8, 4) is 5.75 Å². The van der Waals surface area contributed by atoms with Crippen LogP contribution >= 0.6 is 0 Å². The van der Waals surface area contributed by atoms with Crippen LogP contribution < -0.4 is 10.5 Å². The zero-order valence-corrected chi connectivity index (χ0v) is 9.06. The molecule has 1 aromatic rings. The van der Waals surface area contributed by atoms with Crippen LogP contribution in [0.5, 0.6) is 5.75 Å². The van der Waals surface area contributed by atoms with Gasteiger partial charge >= 0.3 is 11.6 Å². The van der Waals surface area contributed by atoms with Gasteiger partial charge in [0.25, 0.3) is 0 Å². The minimum Gasteiger partial charge on any atom is -0.490 e. The Morgan fingerprint density at radius 2 is 2.17 bits per heavy atom. The Morgan fingerprint density at radius 3 is 2.61 bits per heavy atom. The zero-order valence-electron chi connectivity index (χ0n) is 9.06. The van der Waals surface area contributed by atoms with E-state index in [1.807, 2.05) is 0 Å². The van der Waals surface area contributed by atoms with Crippen LogP contribution in [0, 0.1) is 10.1 Å². The van der Waals surface area contributed by atoms with E-state index in [0.29, 0.717) is 6.07 Å². The van der Waals surface area contributed by atoms with E-state index < -0.39 is 27.9 Å². The predicted molar refractivity (Wildman–Crippen MR) is 56.3 cm³/mol. The molecule has 0 atom stereocenters.